The number of aromatic nitrogens is 1. The topological polar surface area (TPSA) is 36.4 Å². The Balaban J connectivity index is 2.05. The van der Waals surface area contributed by atoms with Crippen LogP contribution in [0, 0.1) is 0 Å². The van der Waals surface area contributed by atoms with Crippen LogP contribution in [0.4, 0.5) is 0 Å². The molecule has 1 fully saturated rings. The molecule has 1 N–H and O–H groups in total. The molecule has 1 aromatic rings. The fourth-order valence-corrected chi connectivity index (χ4v) is 3.50. The van der Waals surface area contributed by atoms with Gasteiger partial charge in [-0.2, -0.15) is 0 Å². The number of likely N-dealkylation sites (tertiary alicyclic amines) is 1. The van der Waals surface area contributed by atoms with E-state index in [9.17, 15) is 5.11 Å². The molecular formula is C14H24N2OS. The minimum atomic E-state index is 0.269. The van der Waals surface area contributed by atoms with Crippen molar-refractivity contribution in [2.45, 2.75) is 64.6 Å². The number of hydrogen-bond acceptors (Lipinski definition) is 4. The number of aliphatic hydroxyl groups excluding tert-OH is 1. The Hall–Kier alpha value is -0.450. The zero-order valence-corrected chi connectivity index (χ0v) is 12.4. The van der Waals surface area contributed by atoms with E-state index >= 15 is 0 Å². The Morgan fingerprint density at radius 3 is 2.89 bits per heavy atom. The van der Waals surface area contributed by atoms with Gasteiger partial charge in [0.15, 0.2) is 0 Å². The zero-order valence-electron chi connectivity index (χ0n) is 11.6. The summed E-state index contributed by atoms with van der Waals surface area (Å²) in [6, 6.07) is 0.873. The molecule has 0 saturated carbocycles. The summed E-state index contributed by atoms with van der Waals surface area (Å²) in [6.45, 7) is 7.78. The molecule has 0 aromatic carbocycles. The third-order valence-electron chi connectivity index (χ3n) is 3.81. The Labute approximate surface area is 114 Å². The van der Waals surface area contributed by atoms with Crippen LogP contribution >= 0.6 is 11.3 Å². The molecular weight excluding hydrogens is 244 g/mol. The highest BCUT2D eigenvalue weighted by Gasteiger charge is 2.27. The van der Waals surface area contributed by atoms with Crippen LogP contribution in [0.5, 0.6) is 0 Å². The molecule has 0 amide bonds. The molecule has 4 heteroatoms. The second kappa shape index (κ2) is 6.13. The van der Waals surface area contributed by atoms with E-state index in [1.165, 1.54) is 17.8 Å². The van der Waals surface area contributed by atoms with Gasteiger partial charge in [-0.1, -0.05) is 20.3 Å². The third-order valence-corrected chi connectivity index (χ3v) is 5.01. The Bertz CT molecular complexity index is 378. The quantitative estimate of drug-likeness (QED) is 0.912. The van der Waals surface area contributed by atoms with Crippen molar-refractivity contribution in [2.75, 3.05) is 6.61 Å². The van der Waals surface area contributed by atoms with Gasteiger partial charge in [-0.25, -0.2) is 4.98 Å². The maximum atomic E-state index is 9.49. The van der Waals surface area contributed by atoms with Gasteiger partial charge in [-0.05, 0) is 19.8 Å². The smallest absolute Gasteiger partial charge is 0.0954 e. The van der Waals surface area contributed by atoms with Crippen molar-refractivity contribution in [1.29, 1.82) is 0 Å². The molecule has 2 heterocycles. The van der Waals surface area contributed by atoms with Gasteiger partial charge in [0.25, 0.3) is 0 Å². The maximum Gasteiger partial charge on any atom is 0.0954 e. The first-order valence-corrected chi connectivity index (χ1v) is 7.80. The Morgan fingerprint density at radius 1 is 1.50 bits per heavy atom. The van der Waals surface area contributed by atoms with Gasteiger partial charge < -0.3 is 5.11 Å². The maximum absolute atomic E-state index is 9.49. The molecule has 0 bridgehead atoms. The summed E-state index contributed by atoms with van der Waals surface area (Å²) >= 11 is 1.76. The number of rotatable bonds is 4. The van der Waals surface area contributed by atoms with Crippen LogP contribution in [0.2, 0.25) is 0 Å². The molecule has 2 rings (SSSR count). The minimum absolute atomic E-state index is 0.269. The fourth-order valence-electron chi connectivity index (χ4n) is 2.67. The number of thiazole rings is 1. The SMILES string of the molecule is CC(C)c1nc(CN2C(C)CCCC2CO)cs1. The number of aliphatic hydroxyl groups is 1. The molecule has 1 aromatic heterocycles. The van der Waals surface area contributed by atoms with Crippen molar-refractivity contribution in [3.05, 3.63) is 16.1 Å². The fraction of sp³-hybridized carbons (Fsp3) is 0.786. The lowest BCUT2D eigenvalue weighted by molar-refractivity contribution is 0.0443. The summed E-state index contributed by atoms with van der Waals surface area (Å²) in [5.74, 6) is 0.510. The normalized spacial score (nSPS) is 25.8. The molecule has 0 spiro atoms. The third kappa shape index (κ3) is 3.11. The average Bonchev–Trinajstić information content (AvgIpc) is 2.80. The highest BCUT2D eigenvalue weighted by atomic mass is 32.1. The van der Waals surface area contributed by atoms with Crippen LogP contribution in [-0.2, 0) is 6.54 Å². The van der Waals surface area contributed by atoms with Gasteiger partial charge in [0.05, 0.1) is 17.3 Å². The highest BCUT2D eigenvalue weighted by molar-refractivity contribution is 7.09. The van der Waals surface area contributed by atoms with E-state index in [1.54, 1.807) is 11.3 Å². The second-order valence-corrected chi connectivity index (χ2v) is 6.51. The van der Waals surface area contributed by atoms with E-state index in [1.807, 2.05) is 0 Å². The minimum Gasteiger partial charge on any atom is -0.395 e. The first-order chi connectivity index (χ1) is 8.61. The lowest BCUT2D eigenvalue weighted by atomic mass is 9.97. The van der Waals surface area contributed by atoms with E-state index in [0.717, 1.165) is 18.7 Å². The van der Waals surface area contributed by atoms with Crippen molar-refractivity contribution in [2.24, 2.45) is 0 Å². The van der Waals surface area contributed by atoms with Gasteiger partial charge in [0, 0.05) is 29.9 Å². The first kappa shape index (κ1) is 14.0. The van der Waals surface area contributed by atoms with Crippen LogP contribution < -0.4 is 0 Å². The van der Waals surface area contributed by atoms with E-state index in [-0.39, 0.29) is 6.61 Å². The molecule has 0 radical (unpaired) electrons. The predicted octanol–water partition coefficient (Wildman–Crippen LogP) is 3.00. The lowest BCUT2D eigenvalue weighted by Gasteiger charge is -2.39. The molecule has 0 aliphatic carbocycles. The van der Waals surface area contributed by atoms with Crippen LogP contribution in [0.25, 0.3) is 0 Å². The van der Waals surface area contributed by atoms with E-state index in [0.29, 0.717) is 18.0 Å². The number of nitrogens with zero attached hydrogens (tertiary/aromatic N) is 2. The molecule has 1 aliphatic rings. The van der Waals surface area contributed by atoms with E-state index in [4.69, 9.17) is 4.98 Å². The van der Waals surface area contributed by atoms with Crippen LogP contribution in [0.3, 0.4) is 0 Å². The molecule has 102 valence electrons. The van der Waals surface area contributed by atoms with Crippen molar-refractivity contribution in [3.8, 4) is 0 Å². The van der Waals surface area contributed by atoms with Gasteiger partial charge >= 0.3 is 0 Å². The highest BCUT2D eigenvalue weighted by Crippen LogP contribution is 2.26. The van der Waals surface area contributed by atoms with Crippen LogP contribution in [0.1, 0.15) is 56.7 Å². The molecule has 2 unspecified atom stereocenters. The monoisotopic (exact) mass is 268 g/mol. The second-order valence-electron chi connectivity index (χ2n) is 5.62. The zero-order chi connectivity index (χ0) is 13.1. The van der Waals surface area contributed by atoms with E-state index in [2.05, 4.69) is 31.1 Å². The summed E-state index contributed by atoms with van der Waals surface area (Å²) in [4.78, 5) is 7.12. The molecule has 2 atom stereocenters. The van der Waals surface area contributed by atoms with E-state index < -0.39 is 0 Å². The van der Waals surface area contributed by atoms with Crippen molar-refractivity contribution in [1.82, 2.24) is 9.88 Å². The molecule has 3 nitrogen and oxygen atoms in total. The summed E-state index contributed by atoms with van der Waals surface area (Å²) in [7, 11) is 0. The van der Waals surface area contributed by atoms with Crippen LogP contribution in [0.15, 0.2) is 5.38 Å². The molecule has 1 aliphatic heterocycles. The predicted molar refractivity (Wildman–Crippen MR) is 75.9 cm³/mol. The first-order valence-electron chi connectivity index (χ1n) is 6.92. The lowest BCUT2D eigenvalue weighted by Crippen LogP contribution is -2.46. The van der Waals surface area contributed by atoms with Gasteiger partial charge in [-0.3, -0.25) is 4.90 Å². The molecule has 18 heavy (non-hydrogen) atoms. The largest absolute Gasteiger partial charge is 0.395 e. The summed E-state index contributed by atoms with van der Waals surface area (Å²) < 4.78 is 0. The standard InChI is InChI=1S/C14H24N2OS/c1-10(2)14-15-12(9-18-14)7-16-11(3)5-4-6-13(16)8-17/h9-11,13,17H,4-8H2,1-3H3. The van der Waals surface area contributed by atoms with Crippen molar-refractivity contribution >= 4 is 11.3 Å². The summed E-state index contributed by atoms with van der Waals surface area (Å²) in [5, 5.41) is 12.9. The Kier molecular flexibility index (Phi) is 4.76. The summed E-state index contributed by atoms with van der Waals surface area (Å²) in [6.07, 6.45) is 3.58. The van der Waals surface area contributed by atoms with Crippen LogP contribution in [-0.4, -0.2) is 33.7 Å². The number of piperidine rings is 1. The summed E-state index contributed by atoms with van der Waals surface area (Å²) in [5.41, 5.74) is 1.16. The average molecular weight is 268 g/mol. The van der Waals surface area contributed by atoms with Crippen molar-refractivity contribution < 1.29 is 5.11 Å². The van der Waals surface area contributed by atoms with Gasteiger partial charge in [-0.15, -0.1) is 11.3 Å². The Morgan fingerprint density at radius 2 is 2.28 bits per heavy atom. The van der Waals surface area contributed by atoms with Gasteiger partial charge in [0.1, 0.15) is 0 Å². The van der Waals surface area contributed by atoms with Gasteiger partial charge in [0.2, 0.25) is 0 Å². The number of hydrogen-bond donors (Lipinski definition) is 1. The van der Waals surface area contributed by atoms with Crippen molar-refractivity contribution in [3.63, 3.8) is 0 Å². The molecule has 1 saturated heterocycles.